The van der Waals surface area contributed by atoms with E-state index in [2.05, 4.69) is 15.3 Å². The van der Waals surface area contributed by atoms with Crippen LogP contribution in [0.15, 0.2) is 36.4 Å². The number of imidazole rings is 1. The largest absolute Gasteiger partial charge is 0.342 e. The van der Waals surface area contributed by atoms with Gasteiger partial charge >= 0.3 is 0 Å². The molecule has 2 amide bonds. The van der Waals surface area contributed by atoms with Crippen molar-refractivity contribution in [1.82, 2.24) is 20.2 Å². The van der Waals surface area contributed by atoms with E-state index in [1.54, 1.807) is 29.2 Å². The Morgan fingerprint density at radius 1 is 1.14 bits per heavy atom. The maximum Gasteiger partial charge on any atom is 0.255 e. The van der Waals surface area contributed by atoms with Gasteiger partial charge in [0.1, 0.15) is 5.82 Å². The standard InChI is InChI=1S/C21H20Cl2N4O2/c1-12(19-25-17-7-5-14(22)11-18(17)26-19)24-20(28)13-4-6-15(16(23)10-13)21(29)27-8-2-3-9-27/h4-7,10-12H,2-3,8-9H2,1H3,(H,24,28)(H,25,26). The molecule has 2 aromatic carbocycles. The van der Waals surface area contributed by atoms with E-state index < -0.39 is 0 Å². The first-order valence-electron chi connectivity index (χ1n) is 9.47. The summed E-state index contributed by atoms with van der Waals surface area (Å²) in [4.78, 5) is 34.7. The van der Waals surface area contributed by atoms with E-state index in [4.69, 9.17) is 23.2 Å². The zero-order chi connectivity index (χ0) is 20.5. The zero-order valence-corrected chi connectivity index (χ0v) is 17.3. The van der Waals surface area contributed by atoms with E-state index in [-0.39, 0.29) is 22.9 Å². The number of rotatable bonds is 4. The SMILES string of the molecule is CC(NC(=O)c1ccc(C(=O)N2CCCC2)c(Cl)c1)c1nc2cc(Cl)ccc2[nH]1. The molecule has 0 spiro atoms. The summed E-state index contributed by atoms with van der Waals surface area (Å²) in [6.07, 6.45) is 2.02. The number of aromatic nitrogens is 2. The van der Waals surface area contributed by atoms with Crippen molar-refractivity contribution in [2.75, 3.05) is 13.1 Å². The van der Waals surface area contributed by atoms with Crippen molar-refractivity contribution in [2.24, 2.45) is 0 Å². The summed E-state index contributed by atoms with van der Waals surface area (Å²) < 4.78 is 0. The highest BCUT2D eigenvalue weighted by molar-refractivity contribution is 6.34. The number of fused-ring (bicyclic) bond motifs is 1. The molecule has 0 radical (unpaired) electrons. The van der Waals surface area contributed by atoms with E-state index >= 15 is 0 Å². The second kappa shape index (κ2) is 8.05. The van der Waals surface area contributed by atoms with Crippen LogP contribution in [-0.4, -0.2) is 39.8 Å². The van der Waals surface area contributed by atoms with Crippen LogP contribution in [0.5, 0.6) is 0 Å². The maximum absolute atomic E-state index is 12.7. The second-order valence-corrected chi connectivity index (χ2v) is 8.02. The molecule has 0 saturated carbocycles. The molecule has 150 valence electrons. The number of carbonyl (C=O) groups is 2. The van der Waals surface area contributed by atoms with Crippen LogP contribution in [-0.2, 0) is 0 Å². The van der Waals surface area contributed by atoms with Crippen molar-refractivity contribution < 1.29 is 9.59 Å². The van der Waals surface area contributed by atoms with Crippen molar-refractivity contribution >= 4 is 46.0 Å². The summed E-state index contributed by atoms with van der Waals surface area (Å²) in [5.41, 5.74) is 2.39. The minimum absolute atomic E-state index is 0.0891. The topological polar surface area (TPSA) is 78.1 Å². The van der Waals surface area contributed by atoms with Crippen LogP contribution >= 0.6 is 23.2 Å². The molecule has 1 fully saturated rings. The number of carbonyl (C=O) groups excluding carboxylic acids is 2. The van der Waals surface area contributed by atoms with E-state index in [9.17, 15) is 9.59 Å². The first-order chi connectivity index (χ1) is 13.9. The first kappa shape index (κ1) is 19.7. The molecule has 29 heavy (non-hydrogen) atoms. The van der Waals surface area contributed by atoms with E-state index in [0.29, 0.717) is 22.0 Å². The number of aromatic amines is 1. The Bertz CT molecular complexity index is 1090. The molecular formula is C21H20Cl2N4O2. The molecule has 4 rings (SSSR count). The molecule has 1 unspecified atom stereocenters. The number of hydrogen-bond donors (Lipinski definition) is 2. The van der Waals surface area contributed by atoms with Gasteiger partial charge in [0.25, 0.3) is 11.8 Å². The van der Waals surface area contributed by atoms with Gasteiger partial charge in [-0.3, -0.25) is 9.59 Å². The molecule has 0 bridgehead atoms. The molecule has 1 atom stereocenters. The fourth-order valence-corrected chi connectivity index (χ4v) is 3.90. The summed E-state index contributed by atoms with van der Waals surface area (Å²) in [6, 6.07) is 9.81. The van der Waals surface area contributed by atoms with Gasteiger partial charge in [0, 0.05) is 23.7 Å². The van der Waals surface area contributed by atoms with Gasteiger partial charge in [0.05, 0.1) is 27.7 Å². The van der Waals surface area contributed by atoms with E-state index in [1.807, 2.05) is 13.0 Å². The molecular weight excluding hydrogens is 411 g/mol. The Balaban J connectivity index is 1.48. The lowest BCUT2D eigenvalue weighted by atomic mass is 10.1. The average Bonchev–Trinajstić information content (AvgIpc) is 3.36. The molecule has 6 nitrogen and oxygen atoms in total. The molecule has 1 aliphatic heterocycles. The lowest BCUT2D eigenvalue weighted by molar-refractivity contribution is 0.0792. The quantitative estimate of drug-likeness (QED) is 0.634. The van der Waals surface area contributed by atoms with Crippen LogP contribution in [0.25, 0.3) is 11.0 Å². The van der Waals surface area contributed by atoms with Gasteiger partial charge in [0.15, 0.2) is 0 Å². The molecule has 2 N–H and O–H groups in total. The van der Waals surface area contributed by atoms with Gasteiger partial charge in [-0.05, 0) is 56.2 Å². The van der Waals surface area contributed by atoms with Gasteiger partial charge in [-0.1, -0.05) is 23.2 Å². The fourth-order valence-electron chi connectivity index (χ4n) is 3.47. The predicted molar refractivity (Wildman–Crippen MR) is 114 cm³/mol. The van der Waals surface area contributed by atoms with Crippen molar-refractivity contribution in [3.8, 4) is 0 Å². The van der Waals surface area contributed by atoms with Crippen LogP contribution in [0.3, 0.4) is 0 Å². The number of nitrogens with zero attached hydrogens (tertiary/aromatic N) is 2. The minimum atomic E-state index is -0.349. The average molecular weight is 431 g/mol. The Morgan fingerprint density at radius 2 is 1.90 bits per heavy atom. The van der Waals surface area contributed by atoms with Gasteiger partial charge < -0.3 is 15.2 Å². The molecule has 2 heterocycles. The smallest absolute Gasteiger partial charge is 0.255 e. The molecule has 0 aliphatic carbocycles. The van der Waals surface area contributed by atoms with Crippen LogP contribution in [0.1, 0.15) is 52.3 Å². The maximum atomic E-state index is 12.7. The molecule has 1 saturated heterocycles. The lowest BCUT2D eigenvalue weighted by Crippen LogP contribution is -2.29. The van der Waals surface area contributed by atoms with Gasteiger partial charge in [-0.25, -0.2) is 4.98 Å². The van der Waals surface area contributed by atoms with Gasteiger partial charge in [-0.2, -0.15) is 0 Å². The number of nitrogens with one attached hydrogen (secondary N) is 2. The van der Waals surface area contributed by atoms with Crippen LogP contribution in [0.2, 0.25) is 10.0 Å². The normalized spacial score (nSPS) is 14.9. The Morgan fingerprint density at radius 3 is 2.62 bits per heavy atom. The summed E-state index contributed by atoms with van der Waals surface area (Å²) in [7, 11) is 0. The lowest BCUT2D eigenvalue weighted by Gasteiger charge is -2.17. The van der Waals surface area contributed by atoms with Crippen LogP contribution < -0.4 is 5.32 Å². The Kier molecular flexibility index (Phi) is 5.48. The third-order valence-electron chi connectivity index (χ3n) is 5.08. The summed E-state index contributed by atoms with van der Waals surface area (Å²) in [5, 5.41) is 3.78. The highest BCUT2D eigenvalue weighted by Crippen LogP contribution is 2.23. The van der Waals surface area contributed by atoms with Gasteiger partial charge in [-0.15, -0.1) is 0 Å². The second-order valence-electron chi connectivity index (χ2n) is 7.17. The fraction of sp³-hybridized carbons (Fsp3) is 0.286. The Hall–Kier alpha value is -2.57. The number of likely N-dealkylation sites (tertiary alicyclic amines) is 1. The zero-order valence-electron chi connectivity index (χ0n) is 15.8. The monoisotopic (exact) mass is 430 g/mol. The van der Waals surface area contributed by atoms with Crippen molar-refractivity contribution in [1.29, 1.82) is 0 Å². The number of halogens is 2. The van der Waals surface area contributed by atoms with Crippen LogP contribution in [0.4, 0.5) is 0 Å². The molecule has 8 heteroatoms. The molecule has 1 aromatic heterocycles. The third kappa shape index (κ3) is 4.09. The predicted octanol–water partition coefficient (Wildman–Crippen LogP) is 4.60. The highest BCUT2D eigenvalue weighted by atomic mass is 35.5. The van der Waals surface area contributed by atoms with Gasteiger partial charge in [0.2, 0.25) is 0 Å². The minimum Gasteiger partial charge on any atom is -0.342 e. The molecule has 3 aromatic rings. The van der Waals surface area contributed by atoms with Crippen molar-refractivity contribution in [3.63, 3.8) is 0 Å². The number of benzene rings is 2. The Labute approximate surface area is 178 Å². The summed E-state index contributed by atoms with van der Waals surface area (Å²) in [5.74, 6) is 0.245. The van der Waals surface area contributed by atoms with E-state index in [1.165, 1.54) is 6.07 Å². The number of H-pyrrole nitrogens is 1. The molecule has 1 aliphatic rings. The number of hydrogen-bond acceptors (Lipinski definition) is 3. The summed E-state index contributed by atoms with van der Waals surface area (Å²) in [6.45, 7) is 3.33. The number of amides is 2. The van der Waals surface area contributed by atoms with E-state index in [0.717, 1.165) is 37.0 Å². The van der Waals surface area contributed by atoms with Crippen molar-refractivity contribution in [2.45, 2.75) is 25.8 Å². The van der Waals surface area contributed by atoms with Crippen LogP contribution in [0, 0.1) is 0 Å². The third-order valence-corrected chi connectivity index (χ3v) is 5.62. The highest BCUT2D eigenvalue weighted by Gasteiger charge is 2.22. The van der Waals surface area contributed by atoms with Crippen molar-refractivity contribution in [3.05, 3.63) is 63.4 Å². The first-order valence-corrected chi connectivity index (χ1v) is 10.2. The summed E-state index contributed by atoms with van der Waals surface area (Å²) >= 11 is 12.3.